The molecule has 5 nitrogen and oxygen atoms in total. The third-order valence-electron chi connectivity index (χ3n) is 9.19. The number of hydrogen-bond acceptors (Lipinski definition) is 4. The van der Waals surface area contributed by atoms with Crippen LogP contribution in [0.3, 0.4) is 0 Å². The van der Waals surface area contributed by atoms with Crippen LogP contribution in [-0.4, -0.2) is 21.8 Å². The van der Waals surface area contributed by atoms with E-state index in [1.807, 2.05) is 66.7 Å². The molecule has 1 atom stereocenters. The standard InChI is InChI=1S/C45H32F3NO4/c46-45(47,48)40-16-8-15-37-41(39(27-49-42(37)40)43(50)34-11-5-2-6-12-34)35-13-7-14-36(26-35)53-28-30-19-23-33(24-20-30)38(44(51)52)25-29-17-21-32(22-18-29)31-9-3-1-4-10-31/h1-24,26-27,38H,25,28H2,(H,51,52). The first kappa shape index (κ1) is 34.9. The van der Waals surface area contributed by atoms with Gasteiger partial charge in [0.05, 0.1) is 17.0 Å². The second-order valence-corrected chi connectivity index (χ2v) is 12.7. The molecule has 0 aliphatic heterocycles. The number of hydrogen-bond donors (Lipinski definition) is 1. The first-order chi connectivity index (χ1) is 25.7. The molecule has 0 spiro atoms. The Labute approximate surface area is 304 Å². The number of carbonyl (C=O) groups excluding carboxylic acids is 1. The highest BCUT2D eigenvalue weighted by Crippen LogP contribution is 2.40. The fraction of sp³-hybridized carbons (Fsp3) is 0.0889. The van der Waals surface area contributed by atoms with Gasteiger partial charge in [0.1, 0.15) is 12.4 Å². The second kappa shape index (κ2) is 15.0. The summed E-state index contributed by atoms with van der Waals surface area (Å²) in [6.07, 6.45) is -3.11. The first-order valence-electron chi connectivity index (χ1n) is 16.9. The number of para-hydroxylation sites is 1. The first-order valence-corrected chi connectivity index (χ1v) is 16.9. The molecule has 262 valence electrons. The molecule has 6 aromatic carbocycles. The number of halogens is 3. The Morgan fingerprint density at radius 1 is 0.679 bits per heavy atom. The molecule has 0 aliphatic rings. The molecule has 7 aromatic rings. The Balaban J connectivity index is 1.12. The molecule has 0 saturated carbocycles. The smallest absolute Gasteiger partial charge is 0.418 e. The molecule has 1 heterocycles. The van der Waals surface area contributed by atoms with Crippen LogP contribution in [0, 0.1) is 0 Å². The third-order valence-corrected chi connectivity index (χ3v) is 9.19. The normalized spacial score (nSPS) is 12.0. The van der Waals surface area contributed by atoms with Gasteiger partial charge in [-0.2, -0.15) is 13.2 Å². The molecule has 53 heavy (non-hydrogen) atoms. The van der Waals surface area contributed by atoms with E-state index in [-0.39, 0.29) is 28.9 Å². The molecule has 1 unspecified atom stereocenters. The second-order valence-electron chi connectivity index (χ2n) is 12.7. The Bertz CT molecular complexity index is 2390. The lowest BCUT2D eigenvalue weighted by Gasteiger charge is -2.17. The maximum atomic E-state index is 14.0. The molecule has 0 bridgehead atoms. The summed E-state index contributed by atoms with van der Waals surface area (Å²) < 4.78 is 48.2. The largest absolute Gasteiger partial charge is 0.489 e. The molecule has 7 rings (SSSR count). The quantitative estimate of drug-likeness (QED) is 0.135. The molecule has 0 aliphatic carbocycles. The lowest BCUT2D eigenvalue weighted by atomic mass is 9.91. The number of pyridine rings is 1. The number of alkyl halides is 3. The van der Waals surface area contributed by atoms with Crippen LogP contribution in [0.2, 0.25) is 0 Å². The van der Waals surface area contributed by atoms with Crippen LogP contribution in [0.4, 0.5) is 13.2 Å². The summed E-state index contributed by atoms with van der Waals surface area (Å²) in [6.45, 7) is 0.146. The number of carboxylic acids is 1. The molecule has 1 aromatic heterocycles. The Morgan fingerprint density at radius 3 is 1.98 bits per heavy atom. The topological polar surface area (TPSA) is 76.5 Å². The SMILES string of the molecule is O=C(c1ccccc1)c1cnc2c(C(F)(F)F)cccc2c1-c1cccc(OCc2ccc(C(Cc3ccc(-c4ccccc4)cc3)C(=O)O)cc2)c1. The van der Waals surface area contributed by atoms with E-state index in [4.69, 9.17) is 4.74 Å². The summed E-state index contributed by atoms with van der Waals surface area (Å²) in [5.74, 6) is -1.61. The maximum Gasteiger partial charge on any atom is 0.418 e. The average molecular weight is 708 g/mol. The minimum absolute atomic E-state index is 0.146. The van der Waals surface area contributed by atoms with E-state index in [0.717, 1.165) is 28.3 Å². The van der Waals surface area contributed by atoms with Crippen LogP contribution in [0.25, 0.3) is 33.2 Å². The molecular weight excluding hydrogens is 675 g/mol. The molecule has 0 fully saturated rings. The molecule has 0 amide bonds. The van der Waals surface area contributed by atoms with Crippen molar-refractivity contribution in [1.29, 1.82) is 0 Å². The zero-order valence-corrected chi connectivity index (χ0v) is 28.3. The predicted octanol–water partition coefficient (Wildman–Crippen LogP) is 10.8. The summed E-state index contributed by atoms with van der Waals surface area (Å²) in [7, 11) is 0. The molecule has 0 saturated heterocycles. The van der Waals surface area contributed by atoms with Gasteiger partial charge in [0.2, 0.25) is 0 Å². The van der Waals surface area contributed by atoms with Crippen molar-refractivity contribution < 1.29 is 32.6 Å². The Morgan fingerprint density at radius 2 is 1.30 bits per heavy atom. The maximum absolute atomic E-state index is 14.0. The monoisotopic (exact) mass is 707 g/mol. The number of carbonyl (C=O) groups is 2. The summed E-state index contributed by atoms with van der Waals surface area (Å²) in [6, 6.07) is 44.3. The van der Waals surface area contributed by atoms with E-state index >= 15 is 0 Å². The van der Waals surface area contributed by atoms with Crippen molar-refractivity contribution in [2.75, 3.05) is 0 Å². The van der Waals surface area contributed by atoms with Gasteiger partial charge in [-0.05, 0) is 58.0 Å². The van der Waals surface area contributed by atoms with Crippen molar-refractivity contribution in [3.63, 3.8) is 0 Å². The van der Waals surface area contributed by atoms with Gasteiger partial charge in [0, 0.05) is 28.3 Å². The van der Waals surface area contributed by atoms with E-state index in [0.29, 0.717) is 34.4 Å². The lowest BCUT2D eigenvalue weighted by molar-refractivity contribution is -0.139. The van der Waals surface area contributed by atoms with E-state index < -0.39 is 23.6 Å². The van der Waals surface area contributed by atoms with Crippen molar-refractivity contribution in [2.24, 2.45) is 0 Å². The van der Waals surface area contributed by atoms with Crippen LogP contribution in [0.15, 0.2) is 158 Å². The number of fused-ring (bicyclic) bond motifs is 1. The van der Waals surface area contributed by atoms with Gasteiger partial charge in [0.15, 0.2) is 5.78 Å². The van der Waals surface area contributed by atoms with Crippen molar-refractivity contribution in [3.8, 4) is 28.0 Å². The predicted molar refractivity (Wildman–Crippen MR) is 199 cm³/mol. The molecule has 1 N–H and O–H groups in total. The zero-order valence-electron chi connectivity index (χ0n) is 28.3. The summed E-state index contributed by atoms with van der Waals surface area (Å²) in [4.78, 5) is 30.2. The lowest BCUT2D eigenvalue weighted by Crippen LogP contribution is -2.14. The number of nitrogens with zero attached hydrogens (tertiary/aromatic N) is 1. The minimum atomic E-state index is -4.64. The van der Waals surface area contributed by atoms with E-state index in [2.05, 4.69) is 4.98 Å². The van der Waals surface area contributed by atoms with E-state index in [9.17, 15) is 27.9 Å². The number of ether oxygens (including phenoxy) is 1. The van der Waals surface area contributed by atoms with Gasteiger partial charge >= 0.3 is 12.1 Å². The van der Waals surface area contributed by atoms with Gasteiger partial charge in [-0.15, -0.1) is 0 Å². The average Bonchev–Trinajstić information content (AvgIpc) is 3.19. The van der Waals surface area contributed by atoms with Crippen molar-refractivity contribution in [2.45, 2.75) is 25.1 Å². The van der Waals surface area contributed by atoms with Crippen LogP contribution in [0.5, 0.6) is 5.75 Å². The highest BCUT2D eigenvalue weighted by molar-refractivity contribution is 6.16. The number of carboxylic acid groups (broad SMARTS) is 1. The van der Waals surface area contributed by atoms with Gasteiger partial charge in [-0.3, -0.25) is 14.6 Å². The van der Waals surface area contributed by atoms with Gasteiger partial charge in [-0.25, -0.2) is 0 Å². The van der Waals surface area contributed by atoms with Crippen molar-refractivity contribution in [3.05, 3.63) is 191 Å². The van der Waals surface area contributed by atoms with Gasteiger partial charge in [0.25, 0.3) is 0 Å². The molecule has 8 heteroatoms. The summed E-state index contributed by atoms with van der Waals surface area (Å²) >= 11 is 0. The minimum Gasteiger partial charge on any atom is -0.489 e. The van der Waals surface area contributed by atoms with Crippen molar-refractivity contribution in [1.82, 2.24) is 4.98 Å². The van der Waals surface area contributed by atoms with Gasteiger partial charge in [-0.1, -0.05) is 133 Å². The fourth-order valence-electron chi connectivity index (χ4n) is 6.48. The molecular formula is C45H32F3NO4. The Kier molecular flexibility index (Phi) is 9.86. The third kappa shape index (κ3) is 7.72. The van der Waals surface area contributed by atoms with Gasteiger partial charge < -0.3 is 9.84 Å². The number of benzene rings is 6. The van der Waals surface area contributed by atoms with Crippen LogP contribution in [-0.2, 0) is 24.0 Å². The van der Waals surface area contributed by atoms with Crippen LogP contribution >= 0.6 is 0 Å². The van der Waals surface area contributed by atoms with Crippen LogP contribution in [0.1, 0.15) is 44.1 Å². The summed E-state index contributed by atoms with van der Waals surface area (Å²) in [5, 5.41) is 10.3. The Hall–Kier alpha value is -6.54. The van der Waals surface area contributed by atoms with Crippen LogP contribution < -0.4 is 4.74 Å². The van der Waals surface area contributed by atoms with E-state index in [1.54, 1.807) is 66.7 Å². The highest BCUT2D eigenvalue weighted by Gasteiger charge is 2.34. The van der Waals surface area contributed by atoms with Crippen molar-refractivity contribution >= 4 is 22.7 Å². The van der Waals surface area contributed by atoms with E-state index in [1.165, 1.54) is 18.3 Å². The fourth-order valence-corrected chi connectivity index (χ4v) is 6.48. The number of aromatic nitrogens is 1. The zero-order chi connectivity index (χ0) is 37.0. The number of aliphatic carboxylic acids is 1. The highest BCUT2D eigenvalue weighted by atomic mass is 19.4. The summed E-state index contributed by atoms with van der Waals surface area (Å²) in [5.41, 5.74) is 4.72. The number of ketones is 1. The number of rotatable bonds is 11. The molecule has 0 radical (unpaired) electrons.